The van der Waals surface area contributed by atoms with E-state index in [0.717, 1.165) is 35.9 Å². The first-order chi connectivity index (χ1) is 11.7. The van der Waals surface area contributed by atoms with Crippen LogP contribution in [0.4, 0.5) is 5.82 Å². The van der Waals surface area contributed by atoms with Gasteiger partial charge in [-0.2, -0.15) is 5.10 Å². The van der Waals surface area contributed by atoms with E-state index in [1.165, 1.54) is 5.56 Å². The number of anilines is 1. The van der Waals surface area contributed by atoms with Gasteiger partial charge in [0.2, 0.25) is 0 Å². The molecule has 0 aliphatic carbocycles. The second-order valence-corrected chi connectivity index (χ2v) is 5.63. The smallest absolute Gasteiger partial charge is 0.174 e. The van der Waals surface area contributed by atoms with Gasteiger partial charge in [-0.3, -0.25) is 4.98 Å². The molecule has 2 aromatic heterocycles. The van der Waals surface area contributed by atoms with Gasteiger partial charge in [-0.05, 0) is 44.0 Å². The highest BCUT2D eigenvalue weighted by atomic mass is 16.5. The topological polar surface area (TPSA) is 64.9 Å². The molecule has 0 unspecified atom stereocenters. The van der Waals surface area contributed by atoms with Crippen LogP contribution in [0.1, 0.15) is 17.0 Å². The molecule has 6 heteroatoms. The number of ether oxygens (including phenoxy) is 1. The van der Waals surface area contributed by atoms with Crippen LogP contribution in [-0.2, 0) is 6.42 Å². The largest absolute Gasteiger partial charge is 0.497 e. The maximum atomic E-state index is 5.24. The number of aromatic nitrogens is 4. The summed E-state index contributed by atoms with van der Waals surface area (Å²) in [6.45, 7) is 4.74. The van der Waals surface area contributed by atoms with Gasteiger partial charge in [0.05, 0.1) is 25.2 Å². The molecule has 3 rings (SSSR count). The molecule has 0 aliphatic heterocycles. The molecule has 0 fully saturated rings. The number of nitrogens with zero attached hydrogens (tertiary/aromatic N) is 4. The summed E-state index contributed by atoms with van der Waals surface area (Å²) in [4.78, 5) is 8.84. The first kappa shape index (κ1) is 16.0. The van der Waals surface area contributed by atoms with Crippen molar-refractivity contribution in [2.75, 3.05) is 19.0 Å². The summed E-state index contributed by atoms with van der Waals surface area (Å²) in [7, 11) is 1.68. The quantitative estimate of drug-likeness (QED) is 0.755. The highest BCUT2D eigenvalue weighted by Gasteiger charge is 2.06. The van der Waals surface area contributed by atoms with Gasteiger partial charge >= 0.3 is 0 Å². The van der Waals surface area contributed by atoms with Gasteiger partial charge in [-0.15, -0.1) is 0 Å². The van der Waals surface area contributed by atoms with Crippen molar-refractivity contribution < 1.29 is 4.74 Å². The van der Waals surface area contributed by atoms with E-state index in [2.05, 4.69) is 26.4 Å². The van der Waals surface area contributed by atoms with E-state index in [4.69, 9.17) is 4.74 Å². The summed E-state index contributed by atoms with van der Waals surface area (Å²) in [6, 6.07) is 10.1. The van der Waals surface area contributed by atoms with Crippen molar-refractivity contribution in [3.63, 3.8) is 0 Å². The number of rotatable bonds is 6. The fourth-order valence-electron chi connectivity index (χ4n) is 2.57. The minimum absolute atomic E-state index is 0.715. The van der Waals surface area contributed by atoms with Crippen LogP contribution in [0.2, 0.25) is 0 Å². The molecule has 6 nitrogen and oxygen atoms in total. The average Bonchev–Trinajstić information content (AvgIpc) is 2.94. The Kier molecular flexibility index (Phi) is 4.74. The molecule has 1 N–H and O–H groups in total. The lowest BCUT2D eigenvalue weighted by Gasteiger charge is -2.08. The normalized spacial score (nSPS) is 10.6. The zero-order valence-electron chi connectivity index (χ0n) is 14.2. The molecule has 2 heterocycles. The van der Waals surface area contributed by atoms with E-state index >= 15 is 0 Å². The maximum Gasteiger partial charge on any atom is 0.174 e. The maximum absolute atomic E-state index is 5.24. The van der Waals surface area contributed by atoms with Crippen molar-refractivity contribution in [1.29, 1.82) is 0 Å². The molecule has 124 valence electrons. The van der Waals surface area contributed by atoms with Crippen LogP contribution in [0.15, 0.2) is 42.7 Å². The molecule has 0 radical (unpaired) electrons. The number of methoxy groups -OCH3 is 1. The van der Waals surface area contributed by atoms with E-state index in [-0.39, 0.29) is 0 Å². The van der Waals surface area contributed by atoms with Crippen molar-refractivity contribution >= 4 is 5.82 Å². The van der Waals surface area contributed by atoms with Crippen LogP contribution in [0.5, 0.6) is 5.75 Å². The molecule has 0 atom stereocenters. The van der Waals surface area contributed by atoms with Gasteiger partial charge in [0.15, 0.2) is 5.82 Å². The summed E-state index contributed by atoms with van der Waals surface area (Å²) < 4.78 is 7.05. The third-order valence-corrected chi connectivity index (χ3v) is 3.70. The van der Waals surface area contributed by atoms with Crippen LogP contribution in [0.3, 0.4) is 0 Å². The second-order valence-electron chi connectivity index (χ2n) is 5.63. The number of nitrogens with one attached hydrogen (secondary N) is 1. The third kappa shape index (κ3) is 3.71. The average molecular weight is 323 g/mol. The van der Waals surface area contributed by atoms with E-state index in [1.54, 1.807) is 24.2 Å². The van der Waals surface area contributed by atoms with Crippen molar-refractivity contribution in [1.82, 2.24) is 19.7 Å². The second kappa shape index (κ2) is 7.12. The lowest BCUT2D eigenvalue weighted by atomic mass is 10.1. The summed E-state index contributed by atoms with van der Waals surface area (Å²) in [5, 5.41) is 7.75. The molecule has 0 aliphatic rings. The van der Waals surface area contributed by atoms with Crippen molar-refractivity contribution in [2.24, 2.45) is 0 Å². The molecular weight excluding hydrogens is 302 g/mol. The summed E-state index contributed by atoms with van der Waals surface area (Å²) in [5.41, 5.74) is 3.21. The van der Waals surface area contributed by atoms with Crippen LogP contribution in [0.25, 0.3) is 5.82 Å². The number of hydrogen-bond donors (Lipinski definition) is 1. The van der Waals surface area contributed by atoms with Crippen molar-refractivity contribution in [3.05, 3.63) is 59.7 Å². The molecule has 0 bridgehead atoms. The number of hydrogen-bond acceptors (Lipinski definition) is 5. The molecule has 0 spiro atoms. The van der Waals surface area contributed by atoms with Gasteiger partial charge in [0, 0.05) is 12.2 Å². The lowest BCUT2D eigenvalue weighted by Crippen LogP contribution is -2.09. The van der Waals surface area contributed by atoms with Crippen LogP contribution >= 0.6 is 0 Å². The van der Waals surface area contributed by atoms with Crippen LogP contribution in [0, 0.1) is 13.8 Å². The predicted octanol–water partition coefficient (Wildman–Crippen LogP) is 2.94. The molecular formula is C18H21N5O. The number of aryl methyl sites for hydroxylation is 2. The van der Waals surface area contributed by atoms with Gasteiger partial charge in [0.1, 0.15) is 11.6 Å². The Labute approximate surface area is 141 Å². The highest BCUT2D eigenvalue weighted by molar-refractivity contribution is 5.37. The summed E-state index contributed by atoms with van der Waals surface area (Å²) in [5.74, 6) is 2.33. The Balaban J connectivity index is 1.65. The standard InChI is InChI=1S/C18H21N5O/c1-13-9-14(2)23(22-13)18-12-19-11-17(21-18)20-8-7-15-5-4-6-16(10-15)24-3/h4-6,9-12H,7-8H2,1-3H3,(H,20,21). The zero-order valence-corrected chi connectivity index (χ0v) is 14.2. The van der Waals surface area contributed by atoms with Crippen molar-refractivity contribution in [2.45, 2.75) is 20.3 Å². The fourth-order valence-corrected chi connectivity index (χ4v) is 2.57. The van der Waals surface area contributed by atoms with Gasteiger partial charge < -0.3 is 10.1 Å². The Morgan fingerprint density at radius 2 is 2.04 bits per heavy atom. The van der Waals surface area contributed by atoms with E-state index in [0.29, 0.717) is 5.82 Å². The van der Waals surface area contributed by atoms with Gasteiger partial charge in [-0.25, -0.2) is 9.67 Å². The van der Waals surface area contributed by atoms with Gasteiger partial charge in [0.25, 0.3) is 0 Å². The minimum Gasteiger partial charge on any atom is -0.497 e. The molecule has 3 aromatic rings. The van der Waals surface area contributed by atoms with Crippen molar-refractivity contribution in [3.8, 4) is 11.6 Å². The van der Waals surface area contributed by atoms with Crippen LogP contribution in [-0.4, -0.2) is 33.4 Å². The first-order valence-corrected chi connectivity index (χ1v) is 7.88. The minimum atomic E-state index is 0.715. The Morgan fingerprint density at radius 1 is 1.17 bits per heavy atom. The monoisotopic (exact) mass is 323 g/mol. The SMILES string of the molecule is COc1cccc(CCNc2cncc(-n3nc(C)cc3C)n2)c1. The fraction of sp³-hybridized carbons (Fsp3) is 0.278. The Morgan fingerprint density at radius 3 is 2.79 bits per heavy atom. The Bertz CT molecular complexity index is 828. The highest BCUT2D eigenvalue weighted by Crippen LogP contribution is 2.14. The lowest BCUT2D eigenvalue weighted by molar-refractivity contribution is 0.414. The molecule has 0 saturated carbocycles. The van der Waals surface area contributed by atoms with E-state index in [1.807, 2.05) is 38.1 Å². The molecule has 0 amide bonds. The summed E-state index contributed by atoms with van der Waals surface area (Å²) in [6.07, 6.45) is 4.32. The predicted molar refractivity (Wildman–Crippen MR) is 93.8 cm³/mol. The first-order valence-electron chi connectivity index (χ1n) is 7.88. The Hall–Kier alpha value is -2.89. The van der Waals surface area contributed by atoms with Gasteiger partial charge in [-0.1, -0.05) is 12.1 Å². The zero-order chi connectivity index (χ0) is 16.9. The van der Waals surface area contributed by atoms with Crippen LogP contribution < -0.4 is 10.1 Å². The molecule has 0 saturated heterocycles. The van der Waals surface area contributed by atoms with E-state index < -0.39 is 0 Å². The number of benzene rings is 1. The van der Waals surface area contributed by atoms with E-state index in [9.17, 15) is 0 Å². The third-order valence-electron chi connectivity index (χ3n) is 3.70. The molecule has 1 aromatic carbocycles. The summed E-state index contributed by atoms with van der Waals surface area (Å²) >= 11 is 0. The molecule has 24 heavy (non-hydrogen) atoms.